The average molecular weight is 289 g/mol. The smallest absolute Gasteiger partial charge is 0.0787 e. The predicted molar refractivity (Wildman–Crippen MR) is 70.6 cm³/mol. The first-order chi connectivity index (χ1) is 8.15. The Balaban J connectivity index is 2.72. The van der Waals surface area contributed by atoms with Crippen LogP contribution >= 0.6 is 34.8 Å². The fourth-order valence-corrected chi connectivity index (χ4v) is 2.24. The van der Waals surface area contributed by atoms with E-state index in [0.717, 1.165) is 0 Å². The van der Waals surface area contributed by atoms with E-state index in [1.54, 1.807) is 30.5 Å². The van der Waals surface area contributed by atoms with Gasteiger partial charge in [0.05, 0.1) is 27.4 Å². The first-order valence-electron chi connectivity index (χ1n) is 4.83. The highest BCUT2D eigenvalue weighted by Crippen LogP contribution is 2.39. The first-order valence-corrected chi connectivity index (χ1v) is 5.97. The van der Waals surface area contributed by atoms with Gasteiger partial charge in [-0.15, -0.1) is 0 Å². The molecule has 0 saturated heterocycles. The minimum atomic E-state index is -0.137. The number of nitrogens with zero attached hydrogens (tertiary/aromatic N) is 1. The number of aliphatic hydroxyl groups is 1. The molecule has 2 aromatic rings. The lowest BCUT2D eigenvalue weighted by Crippen LogP contribution is -1.94. The zero-order chi connectivity index (χ0) is 12.4. The van der Waals surface area contributed by atoms with Crippen molar-refractivity contribution in [2.45, 2.75) is 6.61 Å². The summed E-state index contributed by atoms with van der Waals surface area (Å²) in [5.41, 5.74) is 1.75. The maximum absolute atomic E-state index is 9.27. The van der Waals surface area contributed by atoms with Crippen molar-refractivity contribution < 1.29 is 5.11 Å². The molecule has 2 nitrogen and oxygen atoms in total. The van der Waals surface area contributed by atoms with Gasteiger partial charge in [0.25, 0.3) is 0 Å². The normalized spacial score (nSPS) is 10.6. The van der Waals surface area contributed by atoms with Gasteiger partial charge in [-0.1, -0.05) is 40.9 Å². The number of aromatic nitrogens is 1. The molecular formula is C12H8Cl3NO. The summed E-state index contributed by atoms with van der Waals surface area (Å²) in [5, 5.41) is 10.5. The van der Waals surface area contributed by atoms with Crippen molar-refractivity contribution in [3.8, 4) is 11.3 Å². The van der Waals surface area contributed by atoms with Crippen molar-refractivity contribution in [1.29, 1.82) is 0 Å². The zero-order valence-corrected chi connectivity index (χ0v) is 10.9. The average Bonchev–Trinajstić information content (AvgIpc) is 2.35. The standard InChI is InChI=1S/C12H8Cl3NO/c13-8-3-4-9(14)11(15)10(8)12-7(6-17)2-1-5-16-12/h1-5,17H,6H2. The van der Waals surface area contributed by atoms with Gasteiger partial charge in [0, 0.05) is 17.3 Å². The molecule has 1 heterocycles. The van der Waals surface area contributed by atoms with E-state index in [-0.39, 0.29) is 6.61 Å². The Bertz CT molecular complexity index is 557. The zero-order valence-electron chi connectivity index (χ0n) is 8.62. The number of hydrogen-bond acceptors (Lipinski definition) is 2. The molecule has 0 unspecified atom stereocenters. The van der Waals surface area contributed by atoms with Crippen LogP contribution in [0, 0.1) is 0 Å². The SMILES string of the molecule is OCc1cccnc1-c1c(Cl)ccc(Cl)c1Cl. The molecule has 0 amide bonds. The van der Waals surface area contributed by atoms with Crippen LogP contribution in [0.15, 0.2) is 30.5 Å². The number of aliphatic hydroxyl groups excluding tert-OH is 1. The lowest BCUT2D eigenvalue weighted by atomic mass is 10.1. The van der Waals surface area contributed by atoms with E-state index < -0.39 is 0 Å². The highest BCUT2D eigenvalue weighted by Gasteiger charge is 2.15. The second kappa shape index (κ2) is 5.23. The van der Waals surface area contributed by atoms with Gasteiger partial charge < -0.3 is 5.11 Å². The lowest BCUT2D eigenvalue weighted by Gasteiger charge is -2.10. The van der Waals surface area contributed by atoms with Gasteiger partial charge in [0.15, 0.2) is 0 Å². The van der Waals surface area contributed by atoms with Crippen LogP contribution in [0.1, 0.15) is 5.56 Å². The van der Waals surface area contributed by atoms with E-state index in [1.807, 2.05) is 0 Å². The topological polar surface area (TPSA) is 33.1 Å². The minimum Gasteiger partial charge on any atom is -0.392 e. The van der Waals surface area contributed by atoms with Crippen LogP contribution in [0.5, 0.6) is 0 Å². The summed E-state index contributed by atoms with van der Waals surface area (Å²) in [6, 6.07) is 6.77. The summed E-state index contributed by atoms with van der Waals surface area (Å²) >= 11 is 18.2. The molecule has 0 radical (unpaired) electrons. The fourth-order valence-electron chi connectivity index (χ4n) is 1.54. The molecule has 0 saturated carbocycles. The summed E-state index contributed by atoms with van der Waals surface area (Å²) < 4.78 is 0. The summed E-state index contributed by atoms with van der Waals surface area (Å²) in [6.07, 6.45) is 1.61. The van der Waals surface area contributed by atoms with Crippen LogP contribution in [0.2, 0.25) is 15.1 Å². The van der Waals surface area contributed by atoms with Crippen molar-refractivity contribution in [3.05, 3.63) is 51.1 Å². The van der Waals surface area contributed by atoms with Crippen LogP contribution in [0.4, 0.5) is 0 Å². The molecule has 5 heteroatoms. The molecule has 1 aromatic heterocycles. The number of benzene rings is 1. The molecule has 88 valence electrons. The van der Waals surface area contributed by atoms with Gasteiger partial charge in [-0.3, -0.25) is 4.98 Å². The summed E-state index contributed by atoms with van der Waals surface area (Å²) in [7, 11) is 0. The molecule has 1 aromatic carbocycles. The quantitative estimate of drug-likeness (QED) is 0.840. The Labute approximate surface area is 114 Å². The van der Waals surface area contributed by atoms with E-state index in [9.17, 15) is 5.11 Å². The predicted octanol–water partition coefficient (Wildman–Crippen LogP) is 4.20. The highest BCUT2D eigenvalue weighted by atomic mass is 35.5. The van der Waals surface area contributed by atoms with Crippen molar-refractivity contribution in [3.63, 3.8) is 0 Å². The van der Waals surface area contributed by atoms with Crippen molar-refractivity contribution in [2.75, 3.05) is 0 Å². The number of halogens is 3. The van der Waals surface area contributed by atoms with E-state index in [2.05, 4.69) is 4.98 Å². The van der Waals surface area contributed by atoms with Gasteiger partial charge in [0.1, 0.15) is 0 Å². The summed E-state index contributed by atoms with van der Waals surface area (Å²) in [5.74, 6) is 0. The second-order valence-corrected chi connectivity index (χ2v) is 4.58. The molecule has 2 rings (SSSR count). The summed E-state index contributed by atoms with van der Waals surface area (Å²) in [4.78, 5) is 4.20. The second-order valence-electron chi connectivity index (χ2n) is 3.39. The molecule has 0 aliphatic rings. The lowest BCUT2D eigenvalue weighted by molar-refractivity contribution is 0.282. The molecule has 17 heavy (non-hydrogen) atoms. The summed E-state index contributed by atoms with van der Waals surface area (Å²) in [6.45, 7) is -0.137. The third-order valence-corrected chi connectivity index (χ3v) is 3.46. The maximum Gasteiger partial charge on any atom is 0.0787 e. The maximum atomic E-state index is 9.27. The van der Waals surface area contributed by atoms with Crippen LogP contribution in [-0.2, 0) is 6.61 Å². The van der Waals surface area contributed by atoms with E-state index in [4.69, 9.17) is 34.8 Å². The van der Waals surface area contributed by atoms with E-state index in [0.29, 0.717) is 31.9 Å². The van der Waals surface area contributed by atoms with Crippen LogP contribution in [-0.4, -0.2) is 10.1 Å². The molecule has 0 aliphatic heterocycles. The van der Waals surface area contributed by atoms with Crippen molar-refractivity contribution in [2.24, 2.45) is 0 Å². The molecule has 0 bridgehead atoms. The van der Waals surface area contributed by atoms with Crippen LogP contribution in [0.3, 0.4) is 0 Å². The molecule has 0 fully saturated rings. The Kier molecular flexibility index (Phi) is 3.89. The first kappa shape index (κ1) is 12.7. The minimum absolute atomic E-state index is 0.137. The van der Waals surface area contributed by atoms with Crippen molar-refractivity contribution >= 4 is 34.8 Å². The Hall–Kier alpha value is -0.800. The third-order valence-electron chi connectivity index (χ3n) is 2.34. The van der Waals surface area contributed by atoms with Crippen LogP contribution in [0.25, 0.3) is 11.3 Å². The third kappa shape index (κ3) is 2.40. The van der Waals surface area contributed by atoms with E-state index >= 15 is 0 Å². The molecule has 1 N–H and O–H groups in total. The van der Waals surface area contributed by atoms with Crippen LogP contribution < -0.4 is 0 Å². The molecule has 0 aliphatic carbocycles. The van der Waals surface area contributed by atoms with Gasteiger partial charge in [0.2, 0.25) is 0 Å². The van der Waals surface area contributed by atoms with Gasteiger partial charge >= 0.3 is 0 Å². The fraction of sp³-hybridized carbons (Fsp3) is 0.0833. The van der Waals surface area contributed by atoms with Gasteiger partial charge in [-0.25, -0.2) is 0 Å². The Morgan fingerprint density at radius 2 is 1.76 bits per heavy atom. The number of pyridine rings is 1. The van der Waals surface area contributed by atoms with Gasteiger partial charge in [-0.2, -0.15) is 0 Å². The Morgan fingerprint density at radius 3 is 2.47 bits per heavy atom. The molecule has 0 spiro atoms. The van der Waals surface area contributed by atoms with Gasteiger partial charge in [-0.05, 0) is 18.2 Å². The highest BCUT2D eigenvalue weighted by molar-refractivity contribution is 6.46. The number of rotatable bonds is 2. The Morgan fingerprint density at radius 1 is 1.06 bits per heavy atom. The van der Waals surface area contributed by atoms with E-state index in [1.165, 1.54) is 0 Å². The largest absolute Gasteiger partial charge is 0.392 e. The van der Waals surface area contributed by atoms with Crippen molar-refractivity contribution in [1.82, 2.24) is 4.98 Å². The molecular weight excluding hydrogens is 280 g/mol. The monoisotopic (exact) mass is 287 g/mol. The molecule has 0 atom stereocenters. The number of hydrogen-bond donors (Lipinski definition) is 1.